The Kier molecular flexibility index (Phi) is 7.66. The number of hydrogen-bond acceptors (Lipinski definition) is 8. The molecule has 37 heavy (non-hydrogen) atoms. The summed E-state index contributed by atoms with van der Waals surface area (Å²) in [4.78, 5) is 31.0. The number of fused-ring (bicyclic) bond motifs is 1. The Morgan fingerprint density at radius 1 is 1.00 bits per heavy atom. The van der Waals surface area contributed by atoms with Gasteiger partial charge in [0, 0.05) is 31.2 Å². The molecule has 0 radical (unpaired) electrons. The average molecular weight is 541 g/mol. The third kappa shape index (κ3) is 6.26. The van der Waals surface area contributed by atoms with Crippen LogP contribution in [0, 0.1) is 5.82 Å². The van der Waals surface area contributed by atoms with Crippen molar-refractivity contribution >= 4 is 51.0 Å². The molecule has 1 saturated heterocycles. The first kappa shape index (κ1) is 25.2. The second-order valence-electron chi connectivity index (χ2n) is 8.76. The molecule has 11 heteroatoms. The fraction of sp³-hybridized carbons (Fsp3) is 0.308. The number of anilines is 2. The number of benzene rings is 2. The third-order valence-electron chi connectivity index (χ3n) is 6.18. The van der Waals surface area contributed by atoms with Crippen molar-refractivity contribution in [3.8, 4) is 5.75 Å². The number of thiazole rings is 1. The van der Waals surface area contributed by atoms with Crippen molar-refractivity contribution in [3.63, 3.8) is 0 Å². The van der Waals surface area contributed by atoms with E-state index in [1.54, 1.807) is 29.2 Å². The van der Waals surface area contributed by atoms with Crippen LogP contribution in [-0.2, 0) is 17.6 Å². The molecule has 1 aliphatic heterocycles. The van der Waals surface area contributed by atoms with E-state index >= 15 is 0 Å². The number of halogens is 2. The van der Waals surface area contributed by atoms with E-state index < -0.39 is 0 Å². The Bertz CT molecular complexity index is 1370. The topological polar surface area (TPSA) is 97.5 Å². The lowest BCUT2D eigenvalue weighted by Gasteiger charge is -2.35. The smallest absolute Gasteiger partial charge is 0.260 e. The third-order valence-corrected chi connectivity index (χ3v) is 7.44. The van der Waals surface area contributed by atoms with Crippen LogP contribution in [0.15, 0.2) is 48.5 Å². The molecular weight excluding hydrogens is 515 g/mol. The van der Waals surface area contributed by atoms with Gasteiger partial charge in [-0.05, 0) is 61.2 Å². The van der Waals surface area contributed by atoms with Gasteiger partial charge in [-0.2, -0.15) is 4.98 Å². The van der Waals surface area contributed by atoms with E-state index in [0.717, 1.165) is 40.2 Å². The molecule has 4 aromatic rings. The summed E-state index contributed by atoms with van der Waals surface area (Å²) >= 11 is 7.41. The molecule has 0 saturated carbocycles. The van der Waals surface area contributed by atoms with Crippen LogP contribution in [0.1, 0.15) is 17.0 Å². The highest BCUT2D eigenvalue weighted by Crippen LogP contribution is 2.30. The Hall–Kier alpha value is -3.50. The number of carbonyl (C=O) groups excluding carboxylic acids is 1. The summed E-state index contributed by atoms with van der Waals surface area (Å²) in [5, 5.41) is 1.58. The molecule has 192 valence electrons. The zero-order valence-corrected chi connectivity index (χ0v) is 21.6. The molecule has 0 aliphatic carbocycles. The summed E-state index contributed by atoms with van der Waals surface area (Å²) in [6.45, 7) is 2.27. The van der Waals surface area contributed by atoms with Crippen LogP contribution in [-0.4, -0.2) is 58.5 Å². The first-order chi connectivity index (χ1) is 17.9. The number of amides is 1. The number of hydrogen-bond donors (Lipinski definition) is 1. The molecule has 0 unspecified atom stereocenters. The van der Waals surface area contributed by atoms with Gasteiger partial charge in [0.25, 0.3) is 5.91 Å². The average Bonchev–Trinajstić information content (AvgIpc) is 3.31. The molecule has 2 aromatic heterocycles. The van der Waals surface area contributed by atoms with Crippen molar-refractivity contribution in [2.24, 2.45) is 0 Å². The van der Waals surface area contributed by atoms with Gasteiger partial charge in [0.1, 0.15) is 17.1 Å². The standard InChI is InChI=1S/C26H26ClFN6O2S/c27-18-6-10-20(11-7-18)36-16-22(35)33-12-14-34(15-13-33)24-23-25(32-26(29)31-24)37-21(30-23)3-1-2-17-4-8-19(28)9-5-17/h4-11H,1-3,12-16H2,(H2,29,31,32). The summed E-state index contributed by atoms with van der Waals surface area (Å²) in [5.74, 6) is 1.22. The van der Waals surface area contributed by atoms with Gasteiger partial charge in [0.2, 0.25) is 5.95 Å². The normalized spacial score (nSPS) is 13.8. The summed E-state index contributed by atoms with van der Waals surface area (Å²) in [7, 11) is 0. The molecule has 1 fully saturated rings. The fourth-order valence-corrected chi connectivity index (χ4v) is 5.33. The maximum Gasteiger partial charge on any atom is 0.260 e. The van der Waals surface area contributed by atoms with Crippen molar-refractivity contribution in [2.75, 3.05) is 43.4 Å². The van der Waals surface area contributed by atoms with E-state index in [2.05, 4.69) is 14.9 Å². The highest BCUT2D eigenvalue weighted by atomic mass is 35.5. The number of aryl methyl sites for hydroxylation is 2. The summed E-state index contributed by atoms with van der Waals surface area (Å²) in [6, 6.07) is 13.5. The van der Waals surface area contributed by atoms with Crippen molar-refractivity contribution in [2.45, 2.75) is 19.3 Å². The maximum atomic E-state index is 13.1. The van der Waals surface area contributed by atoms with E-state index in [1.807, 2.05) is 12.1 Å². The van der Waals surface area contributed by atoms with Crippen LogP contribution in [0.4, 0.5) is 16.2 Å². The van der Waals surface area contributed by atoms with Crippen LogP contribution >= 0.6 is 22.9 Å². The Balaban J connectivity index is 1.19. The van der Waals surface area contributed by atoms with Gasteiger partial charge in [-0.1, -0.05) is 35.1 Å². The van der Waals surface area contributed by atoms with Crippen molar-refractivity contribution < 1.29 is 13.9 Å². The molecule has 5 rings (SSSR count). The molecule has 1 aliphatic rings. The van der Waals surface area contributed by atoms with E-state index in [0.29, 0.717) is 42.8 Å². The van der Waals surface area contributed by atoms with Crippen LogP contribution in [0.25, 0.3) is 10.3 Å². The van der Waals surface area contributed by atoms with E-state index in [9.17, 15) is 9.18 Å². The molecule has 0 atom stereocenters. The summed E-state index contributed by atoms with van der Waals surface area (Å²) in [5.41, 5.74) is 7.85. The number of aromatic nitrogens is 3. The van der Waals surface area contributed by atoms with E-state index in [1.165, 1.54) is 23.5 Å². The molecule has 3 heterocycles. The number of rotatable bonds is 8. The molecule has 0 spiro atoms. The lowest BCUT2D eigenvalue weighted by atomic mass is 10.1. The number of nitrogens with two attached hydrogens (primary N) is 1. The van der Waals surface area contributed by atoms with Crippen molar-refractivity contribution in [1.29, 1.82) is 0 Å². The molecule has 8 nitrogen and oxygen atoms in total. The van der Waals surface area contributed by atoms with Gasteiger partial charge >= 0.3 is 0 Å². The summed E-state index contributed by atoms with van der Waals surface area (Å²) < 4.78 is 18.7. The van der Waals surface area contributed by atoms with Crippen LogP contribution in [0.3, 0.4) is 0 Å². The number of nitrogens with zero attached hydrogens (tertiary/aromatic N) is 5. The molecule has 2 N–H and O–H groups in total. The molecule has 1 amide bonds. The summed E-state index contributed by atoms with van der Waals surface area (Å²) in [6.07, 6.45) is 2.52. The lowest BCUT2D eigenvalue weighted by molar-refractivity contribution is -0.133. The first-order valence-electron chi connectivity index (χ1n) is 12.0. The predicted molar refractivity (Wildman–Crippen MR) is 144 cm³/mol. The van der Waals surface area contributed by atoms with Crippen LogP contribution < -0.4 is 15.4 Å². The highest BCUT2D eigenvalue weighted by molar-refractivity contribution is 7.18. The number of ether oxygens (including phenoxy) is 1. The number of nitrogen functional groups attached to an aromatic ring is 1. The van der Waals surface area contributed by atoms with Gasteiger partial charge in [-0.3, -0.25) is 4.79 Å². The minimum atomic E-state index is -0.227. The minimum Gasteiger partial charge on any atom is -0.484 e. The molecule has 2 aromatic carbocycles. The second-order valence-corrected chi connectivity index (χ2v) is 10.3. The predicted octanol–water partition coefficient (Wildman–Crippen LogP) is 4.36. The zero-order valence-electron chi connectivity index (χ0n) is 20.1. The van der Waals surface area contributed by atoms with Gasteiger partial charge in [-0.25, -0.2) is 14.4 Å². The van der Waals surface area contributed by atoms with Gasteiger partial charge in [0.05, 0.1) is 5.01 Å². The molecule has 0 bridgehead atoms. The van der Waals surface area contributed by atoms with E-state index in [4.69, 9.17) is 27.1 Å². The van der Waals surface area contributed by atoms with Gasteiger partial charge in [0.15, 0.2) is 17.3 Å². The fourth-order valence-electron chi connectivity index (χ4n) is 4.22. The minimum absolute atomic E-state index is 0.0281. The number of carbonyl (C=O) groups is 1. The monoisotopic (exact) mass is 540 g/mol. The number of piperazine rings is 1. The SMILES string of the molecule is Nc1nc(N2CCN(C(=O)COc3ccc(Cl)cc3)CC2)c2nc(CCCc3ccc(F)cc3)sc2n1. The van der Waals surface area contributed by atoms with Crippen molar-refractivity contribution in [1.82, 2.24) is 19.9 Å². The Morgan fingerprint density at radius 3 is 2.46 bits per heavy atom. The Morgan fingerprint density at radius 2 is 1.73 bits per heavy atom. The lowest BCUT2D eigenvalue weighted by Crippen LogP contribution is -2.50. The quantitative estimate of drug-likeness (QED) is 0.354. The first-order valence-corrected chi connectivity index (χ1v) is 13.2. The highest BCUT2D eigenvalue weighted by Gasteiger charge is 2.25. The van der Waals surface area contributed by atoms with Gasteiger partial charge in [-0.15, -0.1) is 0 Å². The zero-order chi connectivity index (χ0) is 25.8. The second kappa shape index (κ2) is 11.3. The van der Waals surface area contributed by atoms with E-state index in [-0.39, 0.29) is 24.3 Å². The van der Waals surface area contributed by atoms with Gasteiger partial charge < -0.3 is 20.3 Å². The molecular formula is C26H26ClFN6O2S. The van der Waals surface area contributed by atoms with Crippen LogP contribution in [0.2, 0.25) is 5.02 Å². The van der Waals surface area contributed by atoms with Crippen molar-refractivity contribution in [3.05, 3.63) is 69.9 Å². The maximum absolute atomic E-state index is 13.1. The Labute approximate surface area is 222 Å². The van der Waals surface area contributed by atoms with Crippen LogP contribution in [0.5, 0.6) is 5.75 Å². The largest absolute Gasteiger partial charge is 0.484 e.